The Balaban J connectivity index is 2.42. The quantitative estimate of drug-likeness (QED) is 0.811. The van der Waals surface area contributed by atoms with Gasteiger partial charge < -0.3 is 14.0 Å². The van der Waals surface area contributed by atoms with E-state index in [9.17, 15) is 0 Å². The Bertz CT molecular complexity index is 564. The van der Waals surface area contributed by atoms with Crippen LogP contribution in [0.25, 0.3) is 11.4 Å². The number of benzene rings is 1. The minimum atomic E-state index is 0.308. The Morgan fingerprint density at radius 3 is 2.45 bits per heavy atom. The average Bonchev–Trinajstić information content (AvgIpc) is 2.91. The number of aromatic nitrogens is 3. The van der Waals surface area contributed by atoms with Gasteiger partial charge in [0.15, 0.2) is 17.3 Å². The van der Waals surface area contributed by atoms with E-state index in [1.54, 1.807) is 6.33 Å². The molecule has 0 saturated carbocycles. The van der Waals surface area contributed by atoms with Gasteiger partial charge in [-0.25, -0.2) is 0 Å². The van der Waals surface area contributed by atoms with E-state index in [4.69, 9.17) is 9.47 Å². The minimum Gasteiger partial charge on any atom is -0.490 e. The van der Waals surface area contributed by atoms with Crippen molar-refractivity contribution in [2.75, 3.05) is 13.2 Å². The van der Waals surface area contributed by atoms with Crippen molar-refractivity contribution in [3.05, 3.63) is 24.5 Å². The predicted molar refractivity (Wildman–Crippen MR) is 78.2 cm³/mol. The third-order valence-electron chi connectivity index (χ3n) is 2.93. The normalized spacial score (nSPS) is 10.8. The second-order valence-corrected chi connectivity index (χ2v) is 4.68. The van der Waals surface area contributed by atoms with Gasteiger partial charge in [-0.3, -0.25) is 0 Å². The highest BCUT2D eigenvalue weighted by Crippen LogP contribution is 2.32. The van der Waals surface area contributed by atoms with Crippen LogP contribution >= 0.6 is 0 Å². The molecule has 0 amide bonds. The molecule has 0 aliphatic rings. The first-order valence-corrected chi connectivity index (χ1v) is 6.96. The summed E-state index contributed by atoms with van der Waals surface area (Å²) in [7, 11) is 0. The van der Waals surface area contributed by atoms with Crippen molar-refractivity contribution in [2.24, 2.45) is 0 Å². The summed E-state index contributed by atoms with van der Waals surface area (Å²) < 4.78 is 13.3. The van der Waals surface area contributed by atoms with Crippen molar-refractivity contribution >= 4 is 0 Å². The van der Waals surface area contributed by atoms with Gasteiger partial charge in [0.25, 0.3) is 0 Å². The van der Waals surface area contributed by atoms with E-state index in [0.29, 0.717) is 19.3 Å². The molecule has 0 spiro atoms. The van der Waals surface area contributed by atoms with Crippen LogP contribution in [-0.2, 0) is 0 Å². The van der Waals surface area contributed by atoms with Crippen LogP contribution in [0.5, 0.6) is 11.5 Å². The molecule has 0 unspecified atom stereocenters. The Labute approximate surface area is 119 Å². The molecule has 2 rings (SSSR count). The zero-order valence-corrected chi connectivity index (χ0v) is 12.5. The molecule has 2 aromatic rings. The molecule has 108 valence electrons. The fraction of sp³-hybridized carbons (Fsp3) is 0.467. The van der Waals surface area contributed by atoms with Crippen LogP contribution in [0.1, 0.15) is 33.7 Å². The van der Waals surface area contributed by atoms with Crippen molar-refractivity contribution in [1.82, 2.24) is 14.8 Å². The fourth-order valence-corrected chi connectivity index (χ4v) is 2.02. The monoisotopic (exact) mass is 275 g/mol. The highest BCUT2D eigenvalue weighted by molar-refractivity contribution is 5.61. The van der Waals surface area contributed by atoms with Gasteiger partial charge in [0.1, 0.15) is 6.33 Å². The molecule has 0 saturated heterocycles. The SMILES string of the molecule is CCOc1ccc(-c2nncn2C(C)C)cc1OCC. The average molecular weight is 275 g/mol. The lowest BCUT2D eigenvalue weighted by molar-refractivity contribution is 0.288. The third kappa shape index (κ3) is 2.92. The van der Waals surface area contributed by atoms with Gasteiger partial charge in [0, 0.05) is 11.6 Å². The van der Waals surface area contributed by atoms with Gasteiger partial charge in [0.2, 0.25) is 0 Å². The third-order valence-corrected chi connectivity index (χ3v) is 2.93. The first-order valence-electron chi connectivity index (χ1n) is 6.96. The zero-order chi connectivity index (χ0) is 14.5. The summed E-state index contributed by atoms with van der Waals surface area (Å²) in [5, 5.41) is 8.20. The number of rotatable bonds is 6. The highest BCUT2D eigenvalue weighted by atomic mass is 16.5. The van der Waals surface area contributed by atoms with Crippen LogP contribution < -0.4 is 9.47 Å². The number of ether oxygens (including phenoxy) is 2. The molecule has 0 bridgehead atoms. The molecule has 0 radical (unpaired) electrons. The predicted octanol–water partition coefficient (Wildman–Crippen LogP) is 3.32. The molecular formula is C15H21N3O2. The summed E-state index contributed by atoms with van der Waals surface area (Å²) in [6.07, 6.45) is 1.75. The summed E-state index contributed by atoms with van der Waals surface area (Å²) >= 11 is 0. The minimum absolute atomic E-state index is 0.308. The van der Waals surface area contributed by atoms with Gasteiger partial charge in [-0.1, -0.05) is 0 Å². The first kappa shape index (κ1) is 14.4. The molecule has 5 nitrogen and oxygen atoms in total. The standard InChI is InChI=1S/C15H21N3O2/c1-5-19-13-8-7-12(9-14(13)20-6-2)15-17-16-10-18(15)11(3)4/h7-11H,5-6H2,1-4H3. The van der Waals surface area contributed by atoms with Gasteiger partial charge in [0.05, 0.1) is 13.2 Å². The first-order chi connectivity index (χ1) is 9.67. The molecule has 1 heterocycles. The van der Waals surface area contributed by atoms with E-state index in [1.165, 1.54) is 0 Å². The zero-order valence-electron chi connectivity index (χ0n) is 12.5. The number of hydrogen-bond acceptors (Lipinski definition) is 4. The topological polar surface area (TPSA) is 49.2 Å². The molecule has 20 heavy (non-hydrogen) atoms. The lowest BCUT2D eigenvalue weighted by Crippen LogP contribution is -2.03. The summed E-state index contributed by atoms with van der Waals surface area (Å²) in [6.45, 7) is 9.33. The molecule has 0 aliphatic carbocycles. The van der Waals surface area contributed by atoms with Gasteiger partial charge in [-0.15, -0.1) is 10.2 Å². The van der Waals surface area contributed by atoms with Crippen LogP contribution in [-0.4, -0.2) is 28.0 Å². The second kappa shape index (κ2) is 6.41. The Morgan fingerprint density at radius 1 is 1.10 bits per heavy atom. The van der Waals surface area contributed by atoms with Crippen molar-refractivity contribution in [3.8, 4) is 22.9 Å². The lowest BCUT2D eigenvalue weighted by Gasteiger charge is -2.14. The lowest BCUT2D eigenvalue weighted by atomic mass is 10.1. The van der Waals surface area contributed by atoms with Crippen molar-refractivity contribution < 1.29 is 9.47 Å². The molecule has 0 fully saturated rings. The fourth-order valence-electron chi connectivity index (χ4n) is 2.02. The van der Waals surface area contributed by atoms with E-state index >= 15 is 0 Å². The Kier molecular flexibility index (Phi) is 4.61. The Hall–Kier alpha value is -2.04. The number of nitrogens with zero attached hydrogens (tertiary/aromatic N) is 3. The van der Waals surface area contributed by atoms with Crippen molar-refractivity contribution in [1.29, 1.82) is 0 Å². The molecule has 0 aliphatic heterocycles. The molecule has 0 atom stereocenters. The second-order valence-electron chi connectivity index (χ2n) is 4.68. The molecule has 1 aromatic heterocycles. The molecule has 5 heteroatoms. The summed E-state index contributed by atoms with van der Waals surface area (Å²) in [5.74, 6) is 2.34. The van der Waals surface area contributed by atoms with Crippen LogP contribution in [0.2, 0.25) is 0 Å². The summed E-state index contributed by atoms with van der Waals surface area (Å²) in [4.78, 5) is 0. The highest BCUT2D eigenvalue weighted by Gasteiger charge is 2.13. The van der Waals surface area contributed by atoms with E-state index in [2.05, 4.69) is 24.0 Å². The van der Waals surface area contributed by atoms with Crippen LogP contribution in [0.3, 0.4) is 0 Å². The van der Waals surface area contributed by atoms with Crippen LogP contribution in [0.15, 0.2) is 24.5 Å². The van der Waals surface area contributed by atoms with Gasteiger partial charge >= 0.3 is 0 Å². The molecule has 1 aromatic carbocycles. The smallest absolute Gasteiger partial charge is 0.164 e. The van der Waals surface area contributed by atoms with E-state index in [1.807, 2.05) is 36.6 Å². The van der Waals surface area contributed by atoms with Gasteiger partial charge in [-0.05, 0) is 45.9 Å². The van der Waals surface area contributed by atoms with E-state index in [0.717, 1.165) is 22.9 Å². The van der Waals surface area contributed by atoms with Crippen molar-refractivity contribution in [3.63, 3.8) is 0 Å². The molecule has 0 N–H and O–H groups in total. The summed E-state index contributed by atoms with van der Waals surface area (Å²) in [5.41, 5.74) is 0.975. The molecular weight excluding hydrogens is 254 g/mol. The largest absolute Gasteiger partial charge is 0.490 e. The maximum Gasteiger partial charge on any atom is 0.164 e. The maximum atomic E-state index is 5.65. The number of hydrogen-bond donors (Lipinski definition) is 0. The van der Waals surface area contributed by atoms with E-state index in [-0.39, 0.29) is 0 Å². The van der Waals surface area contributed by atoms with Crippen molar-refractivity contribution in [2.45, 2.75) is 33.7 Å². The van der Waals surface area contributed by atoms with Crippen LogP contribution in [0, 0.1) is 0 Å². The maximum absolute atomic E-state index is 5.65. The van der Waals surface area contributed by atoms with E-state index < -0.39 is 0 Å². The summed E-state index contributed by atoms with van der Waals surface area (Å²) in [6, 6.07) is 6.17. The van der Waals surface area contributed by atoms with Gasteiger partial charge in [-0.2, -0.15) is 0 Å². The van der Waals surface area contributed by atoms with Crippen LogP contribution in [0.4, 0.5) is 0 Å². The Morgan fingerprint density at radius 2 is 1.80 bits per heavy atom.